The number of benzene rings is 2. The van der Waals surface area contributed by atoms with E-state index in [0.717, 1.165) is 30.4 Å². The zero-order valence-electron chi connectivity index (χ0n) is 24.1. The molecule has 45 heavy (non-hydrogen) atoms. The maximum absolute atomic E-state index is 13.4. The quantitative estimate of drug-likeness (QED) is 0.241. The molecule has 2 amide bonds. The first kappa shape index (κ1) is 29.5. The largest absolute Gasteiger partial charge is 0.489 e. The van der Waals surface area contributed by atoms with Crippen molar-refractivity contribution >= 4 is 34.3 Å². The van der Waals surface area contributed by atoms with Gasteiger partial charge in [-0.25, -0.2) is 4.98 Å². The molecule has 2 fully saturated rings. The fraction of sp³-hybridized carbons (Fsp3) is 0.375. The number of nitrogens with two attached hydrogens (primary N) is 1. The fourth-order valence-corrected chi connectivity index (χ4v) is 6.18. The molecule has 7 rings (SSSR count). The summed E-state index contributed by atoms with van der Waals surface area (Å²) in [6.07, 6.45) is 0.728. The van der Waals surface area contributed by atoms with Crippen LogP contribution in [0.2, 0.25) is 5.02 Å². The third kappa shape index (κ3) is 5.09. The molecule has 4 aromatic rings. The molecule has 2 aliphatic carbocycles. The van der Waals surface area contributed by atoms with Gasteiger partial charge in [-0.2, -0.15) is 18.3 Å². The third-order valence-corrected chi connectivity index (χ3v) is 9.37. The smallest absolute Gasteiger partial charge is 0.416 e. The summed E-state index contributed by atoms with van der Waals surface area (Å²) in [7, 11) is 0. The van der Waals surface area contributed by atoms with Crippen LogP contribution in [0.15, 0.2) is 48.7 Å². The summed E-state index contributed by atoms with van der Waals surface area (Å²) in [5.41, 5.74) is 3.86. The lowest BCUT2D eigenvalue weighted by atomic mass is 9.81. The second-order valence-corrected chi connectivity index (χ2v) is 12.8. The van der Waals surface area contributed by atoms with Crippen LogP contribution >= 0.6 is 11.6 Å². The predicted octanol–water partition coefficient (Wildman–Crippen LogP) is 5.27. The first-order valence-electron chi connectivity index (χ1n) is 14.6. The summed E-state index contributed by atoms with van der Waals surface area (Å²) in [6, 6.07) is 9.53. The van der Waals surface area contributed by atoms with Crippen LogP contribution in [0.1, 0.15) is 65.8 Å². The van der Waals surface area contributed by atoms with Crippen molar-refractivity contribution in [1.82, 2.24) is 20.1 Å². The number of ether oxygens (including phenoxy) is 1. The molecular formula is C32H29ClF3N5O4. The standard InChI is InChI=1S/C32H29ClF3N5O4/c1-30(29(37)43)15-45-27-22(30)12-24(39-26(27)16-2-4-20(5-3-16)32(34,35)36)31(44,19-6-7-19)14-38-28(42)17-10-18-13-41(21-8-9-21)40-25(18)23(33)11-17/h2-5,10-13,19,21,44H,6-9,14-15H2,1H3,(H2,37,43)(H,38,42)/t30-,31+/m0/s1. The molecule has 3 aliphatic rings. The summed E-state index contributed by atoms with van der Waals surface area (Å²) in [6.45, 7) is 1.28. The molecule has 13 heteroatoms. The van der Waals surface area contributed by atoms with Gasteiger partial charge < -0.3 is 20.9 Å². The van der Waals surface area contributed by atoms with E-state index in [9.17, 15) is 27.9 Å². The van der Waals surface area contributed by atoms with Gasteiger partial charge in [-0.1, -0.05) is 23.7 Å². The minimum Gasteiger partial charge on any atom is -0.489 e. The van der Waals surface area contributed by atoms with Crippen molar-refractivity contribution in [1.29, 1.82) is 0 Å². The Hall–Kier alpha value is -4.16. The molecule has 3 heterocycles. The Bertz CT molecular complexity index is 1870. The van der Waals surface area contributed by atoms with E-state index in [1.165, 1.54) is 18.2 Å². The number of rotatable bonds is 8. The van der Waals surface area contributed by atoms with Crippen LogP contribution < -0.4 is 15.8 Å². The number of primary amides is 1. The highest BCUT2D eigenvalue weighted by atomic mass is 35.5. The van der Waals surface area contributed by atoms with Gasteiger partial charge in [-0.3, -0.25) is 14.3 Å². The molecule has 0 unspecified atom stereocenters. The summed E-state index contributed by atoms with van der Waals surface area (Å²) in [4.78, 5) is 30.7. The van der Waals surface area contributed by atoms with Crippen molar-refractivity contribution in [2.24, 2.45) is 11.7 Å². The second kappa shape index (κ2) is 10.2. The number of nitrogens with zero attached hydrogens (tertiary/aromatic N) is 3. The molecule has 0 bridgehead atoms. The number of hydrogen-bond donors (Lipinski definition) is 3. The van der Waals surface area contributed by atoms with Crippen LogP contribution in [0.4, 0.5) is 13.2 Å². The van der Waals surface area contributed by atoms with Crippen molar-refractivity contribution in [3.63, 3.8) is 0 Å². The lowest BCUT2D eigenvalue weighted by Crippen LogP contribution is -2.44. The normalized spacial score (nSPS) is 20.8. The Morgan fingerprint density at radius 3 is 2.49 bits per heavy atom. The number of aliphatic hydroxyl groups is 1. The zero-order valence-corrected chi connectivity index (χ0v) is 24.9. The van der Waals surface area contributed by atoms with Crippen LogP contribution in [0.3, 0.4) is 0 Å². The van der Waals surface area contributed by atoms with E-state index in [-0.39, 0.29) is 36.2 Å². The van der Waals surface area contributed by atoms with Crippen LogP contribution in [0, 0.1) is 5.92 Å². The number of carbonyl (C=O) groups excluding carboxylic acids is 2. The molecule has 0 spiro atoms. The molecule has 2 aromatic carbocycles. The van der Waals surface area contributed by atoms with Gasteiger partial charge in [0.25, 0.3) is 5.91 Å². The molecule has 2 aromatic heterocycles. The van der Waals surface area contributed by atoms with Crippen LogP contribution in [0.5, 0.6) is 5.75 Å². The molecule has 4 N–H and O–H groups in total. The van der Waals surface area contributed by atoms with Crippen molar-refractivity contribution in [3.8, 4) is 17.0 Å². The predicted molar refractivity (Wildman–Crippen MR) is 159 cm³/mol. The highest BCUT2D eigenvalue weighted by Gasteiger charge is 2.50. The minimum absolute atomic E-state index is 0.102. The summed E-state index contributed by atoms with van der Waals surface area (Å²) >= 11 is 6.48. The first-order chi connectivity index (χ1) is 21.3. The van der Waals surface area contributed by atoms with Crippen molar-refractivity contribution in [3.05, 3.63) is 76.1 Å². The SMILES string of the molecule is C[C@]1(C(N)=O)COc2c1cc([C@@](O)(CNC(=O)c1cc(Cl)c3nn(C4CC4)cc3c1)C1CC1)nc2-c1ccc(C(F)(F)F)cc1. The maximum Gasteiger partial charge on any atom is 0.416 e. The van der Waals surface area contributed by atoms with Gasteiger partial charge in [-0.15, -0.1) is 0 Å². The number of fused-ring (bicyclic) bond motifs is 2. The second-order valence-electron chi connectivity index (χ2n) is 12.4. The highest BCUT2D eigenvalue weighted by Crippen LogP contribution is 2.50. The Morgan fingerprint density at radius 2 is 1.87 bits per heavy atom. The van der Waals surface area contributed by atoms with Gasteiger partial charge in [0.15, 0.2) is 0 Å². The van der Waals surface area contributed by atoms with Crippen LogP contribution in [-0.2, 0) is 22.0 Å². The van der Waals surface area contributed by atoms with Gasteiger partial charge in [-0.05, 0) is 68.9 Å². The summed E-state index contributed by atoms with van der Waals surface area (Å²) in [5, 5.41) is 20.6. The highest BCUT2D eigenvalue weighted by molar-refractivity contribution is 6.35. The third-order valence-electron chi connectivity index (χ3n) is 9.08. The number of pyridine rings is 1. The topological polar surface area (TPSA) is 132 Å². The molecule has 2 atom stereocenters. The Balaban J connectivity index is 1.25. The van der Waals surface area contributed by atoms with Gasteiger partial charge >= 0.3 is 6.18 Å². The van der Waals surface area contributed by atoms with Crippen LogP contribution in [-0.4, -0.2) is 44.8 Å². The monoisotopic (exact) mass is 639 g/mol. The number of hydrogen-bond acceptors (Lipinski definition) is 6. The van der Waals surface area contributed by atoms with E-state index in [2.05, 4.69) is 10.4 Å². The Kier molecular flexibility index (Phi) is 6.68. The van der Waals surface area contributed by atoms with E-state index in [1.807, 2.05) is 10.9 Å². The molecule has 9 nitrogen and oxygen atoms in total. The number of aromatic nitrogens is 3. The lowest BCUT2D eigenvalue weighted by Gasteiger charge is -2.30. The molecule has 0 radical (unpaired) electrons. The number of carbonyl (C=O) groups is 2. The minimum atomic E-state index is -4.53. The zero-order chi connectivity index (χ0) is 31.9. The molecular weight excluding hydrogens is 611 g/mol. The summed E-state index contributed by atoms with van der Waals surface area (Å²) in [5.74, 6) is -1.20. The Labute approximate surface area is 260 Å². The van der Waals surface area contributed by atoms with E-state index >= 15 is 0 Å². The van der Waals surface area contributed by atoms with E-state index in [4.69, 9.17) is 27.1 Å². The molecule has 1 aliphatic heterocycles. The van der Waals surface area contributed by atoms with Crippen LogP contribution in [0.25, 0.3) is 22.2 Å². The van der Waals surface area contributed by atoms with E-state index in [1.54, 1.807) is 19.1 Å². The van der Waals surface area contributed by atoms with Crippen molar-refractivity contribution < 1.29 is 32.6 Å². The number of nitrogens with one attached hydrogen (secondary N) is 1. The van der Waals surface area contributed by atoms with Gasteiger partial charge in [0.1, 0.15) is 34.6 Å². The van der Waals surface area contributed by atoms with E-state index in [0.29, 0.717) is 46.1 Å². The number of alkyl halides is 3. The van der Waals surface area contributed by atoms with Gasteiger partial charge in [0.05, 0.1) is 28.9 Å². The Morgan fingerprint density at radius 1 is 1.16 bits per heavy atom. The molecule has 0 saturated heterocycles. The molecule has 2 saturated carbocycles. The number of amides is 2. The molecule has 234 valence electrons. The van der Waals surface area contributed by atoms with E-state index < -0.39 is 34.6 Å². The lowest BCUT2D eigenvalue weighted by molar-refractivity contribution is -0.137. The number of halogens is 4. The van der Waals surface area contributed by atoms with Crippen molar-refractivity contribution in [2.45, 2.75) is 55.8 Å². The maximum atomic E-state index is 13.4. The van der Waals surface area contributed by atoms with Crippen molar-refractivity contribution in [2.75, 3.05) is 13.2 Å². The average Bonchev–Trinajstić information content (AvgIpc) is 3.95. The van der Waals surface area contributed by atoms with Gasteiger partial charge in [0.2, 0.25) is 5.91 Å². The summed E-state index contributed by atoms with van der Waals surface area (Å²) < 4.78 is 47.6. The average molecular weight is 640 g/mol. The first-order valence-corrected chi connectivity index (χ1v) is 15.0. The fourth-order valence-electron chi connectivity index (χ4n) is 5.91. The van der Waals surface area contributed by atoms with Gasteiger partial charge in [0, 0.05) is 28.3 Å².